The second-order valence-corrected chi connectivity index (χ2v) is 20.4. The molecule has 13 nitrogen and oxygen atoms in total. The van der Waals surface area contributed by atoms with E-state index in [9.17, 15) is 14.7 Å². The molecule has 0 aliphatic carbocycles. The summed E-state index contributed by atoms with van der Waals surface area (Å²) in [4.78, 5) is 43.4. The Morgan fingerprint density at radius 1 is 0.871 bits per heavy atom. The number of benzene rings is 5. The molecule has 318 valence electrons. The largest absolute Gasteiger partial charge is 0.399 e. The van der Waals surface area contributed by atoms with E-state index >= 15 is 8.90 Å². The molecule has 1 unspecified atom stereocenters. The maximum atomic E-state index is 16.8. The maximum Gasteiger partial charge on any atom is 0.264 e. The number of ether oxygens (including phenoxy) is 1. The van der Waals surface area contributed by atoms with Crippen LogP contribution in [0, 0.1) is 5.92 Å². The number of carbonyl (C=O) groups excluding carboxylic acids is 3. The van der Waals surface area contributed by atoms with Crippen molar-refractivity contribution >= 4 is 54.6 Å². The highest BCUT2D eigenvalue weighted by Gasteiger charge is 2.66. The number of aryl methyl sites for hydroxylation is 1. The van der Waals surface area contributed by atoms with Crippen molar-refractivity contribution in [3.05, 3.63) is 161 Å². The van der Waals surface area contributed by atoms with E-state index in [-0.39, 0.29) is 36.8 Å². The molecule has 15 heteroatoms. The molecule has 3 heterocycles. The first-order valence-electron chi connectivity index (χ1n) is 20.6. The number of nitrogens with two attached hydrogens (primary N) is 2. The van der Waals surface area contributed by atoms with Crippen LogP contribution >= 0.6 is 0 Å². The number of hydrogen-bond donors (Lipinski definition) is 5. The van der Waals surface area contributed by atoms with Crippen molar-refractivity contribution in [2.75, 3.05) is 33.6 Å². The van der Waals surface area contributed by atoms with E-state index in [2.05, 4.69) is 20.9 Å². The van der Waals surface area contributed by atoms with E-state index in [1.54, 1.807) is 108 Å². The smallest absolute Gasteiger partial charge is 0.264 e. The highest BCUT2D eigenvalue weighted by Crippen LogP contribution is 2.60. The topological polar surface area (TPSA) is 191 Å². The molecule has 3 amide bonds. The van der Waals surface area contributed by atoms with Crippen molar-refractivity contribution in [1.82, 2.24) is 15.0 Å². The van der Waals surface area contributed by atoms with Gasteiger partial charge in [0, 0.05) is 63.6 Å². The predicted molar refractivity (Wildman–Crippen MR) is 240 cm³/mol. The molecular weight excluding hydrogens is 804 g/mol. The zero-order valence-corrected chi connectivity index (χ0v) is 35.7. The van der Waals surface area contributed by atoms with Crippen molar-refractivity contribution in [3.63, 3.8) is 0 Å². The molecular formula is C47H49FN8O5Si. The molecule has 5 aromatic carbocycles. The SMILES string of the molecule is C[C@H]1[C@H]([Si](C)(C)F)[C@@H](CCn2cc(C(CO)c3ccccc3)nn2)O[C@]12C(=O)N(Cc1cccc(NC(=O)c3ccc(N)cc3)c1)c1ccc(NC(=O)c3ccc(N)cc3)cc12. The number of anilines is 5. The average molecular weight is 853 g/mol. The average Bonchev–Trinajstić information content (AvgIpc) is 3.91. The summed E-state index contributed by atoms with van der Waals surface area (Å²) in [6.07, 6.45) is 1.44. The molecule has 0 bridgehead atoms. The van der Waals surface area contributed by atoms with Gasteiger partial charge in [0.05, 0.1) is 36.6 Å². The van der Waals surface area contributed by atoms with Gasteiger partial charge in [-0.3, -0.25) is 19.1 Å². The van der Waals surface area contributed by atoms with E-state index in [4.69, 9.17) is 16.2 Å². The van der Waals surface area contributed by atoms with Crippen LogP contribution in [0.3, 0.4) is 0 Å². The molecule has 5 atom stereocenters. The number of aliphatic hydroxyl groups is 1. The Bertz CT molecular complexity index is 2600. The van der Waals surface area contributed by atoms with Crippen LogP contribution in [0.15, 0.2) is 128 Å². The number of nitrogen functional groups attached to an aromatic ring is 2. The van der Waals surface area contributed by atoms with Crippen molar-refractivity contribution in [2.24, 2.45) is 5.92 Å². The highest BCUT2D eigenvalue weighted by molar-refractivity contribution is 6.72. The second-order valence-electron chi connectivity index (χ2n) is 16.6. The minimum Gasteiger partial charge on any atom is -0.399 e. The van der Waals surface area contributed by atoms with Crippen molar-refractivity contribution < 1.29 is 28.3 Å². The summed E-state index contributed by atoms with van der Waals surface area (Å²) in [5.74, 6) is -2.00. The van der Waals surface area contributed by atoms with Crippen molar-refractivity contribution in [1.29, 1.82) is 0 Å². The molecule has 8 rings (SSSR count). The lowest BCUT2D eigenvalue weighted by molar-refractivity contribution is -0.146. The Morgan fingerprint density at radius 3 is 2.11 bits per heavy atom. The van der Waals surface area contributed by atoms with E-state index in [1.165, 1.54) is 0 Å². The molecule has 0 saturated carbocycles. The van der Waals surface area contributed by atoms with Crippen LogP contribution in [0.4, 0.5) is 32.5 Å². The van der Waals surface area contributed by atoms with Gasteiger partial charge in [-0.2, -0.15) is 0 Å². The monoisotopic (exact) mass is 852 g/mol. The first-order chi connectivity index (χ1) is 29.7. The Morgan fingerprint density at radius 2 is 1.50 bits per heavy atom. The van der Waals surface area contributed by atoms with Gasteiger partial charge in [-0.15, -0.1) is 5.10 Å². The van der Waals surface area contributed by atoms with Gasteiger partial charge in [-0.25, -0.2) is 0 Å². The minimum atomic E-state index is -3.54. The third kappa shape index (κ3) is 8.21. The Kier molecular flexibility index (Phi) is 11.5. The fourth-order valence-electron chi connectivity index (χ4n) is 9.05. The lowest BCUT2D eigenvalue weighted by atomic mass is 9.82. The zero-order valence-electron chi connectivity index (χ0n) is 34.7. The molecule has 62 heavy (non-hydrogen) atoms. The summed E-state index contributed by atoms with van der Waals surface area (Å²) in [6.45, 7) is 5.47. The summed E-state index contributed by atoms with van der Waals surface area (Å²) < 4.78 is 25.5. The van der Waals surface area contributed by atoms with Crippen LogP contribution in [-0.4, -0.2) is 58.9 Å². The fourth-order valence-corrected chi connectivity index (χ4v) is 11.6. The molecule has 2 aliphatic rings. The van der Waals surface area contributed by atoms with Gasteiger partial charge < -0.3 is 41.0 Å². The van der Waals surface area contributed by atoms with Gasteiger partial charge in [-0.1, -0.05) is 54.6 Å². The normalized spacial score (nSPS) is 20.0. The van der Waals surface area contributed by atoms with Crippen molar-refractivity contribution in [2.45, 2.75) is 62.7 Å². The number of nitrogens with one attached hydrogen (secondary N) is 2. The number of aromatic nitrogens is 3. The number of hydrogen-bond acceptors (Lipinski definition) is 9. The van der Waals surface area contributed by atoms with Gasteiger partial charge in [0.1, 0.15) is 0 Å². The molecule has 6 aromatic rings. The zero-order chi connectivity index (χ0) is 43.8. The van der Waals surface area contributed by atoms with E-state index in [0.717, 1.165) is 11.1 Å². The molecule has 7 N–H and O–H groups in total. The van der Waals surface area contributed by atoms with Crippen LogP contribution in [0.25, 0.3) is 0 Å². The number of carbonyl (C=O) groups is 3. The van der Waals surface area contributed by atoms with Crippen LogP contribution in [0.5, 0.6) is 0 Å². The Labute approximate surface area is 360 Å². The summed E-state index contributed by atoms with van der Waals surface area (Å²) in [5.41, 5.74) is 15.7. The molecule has 1 spiro atoms. The van der Waals surface area contributed by atoms with E-state index in [0.29, 0.717) is 63.8 Å². The predicted octanol–water partition coefficient (Wildman–Crippen LogP) is 7.48. The highest BCUT2D eigenvalue weighted by atomic mass is 28.4. The number of amides is 3. The standard InChI is InChI=1S/C47H49FN8O5Si/c1-29-43(62(2,3)48)42(22-23-55-27-40(53-54-55)38(28-57)31-9-5-4-6-10-31)61-47(29)39-25-37(52-45(59)33-14-18-35(50)19-15-33)20-21-41(39)56(46(47)60)26-30-8-7-11-36(24-30)51-44(58)32-12-16-34(49)17-13-32/h4-21,24-25,27,29,38,42-43,57H,22-23,26,28,49-50H2,1-3H3,(H,51,58)(H,52,59)/t29-,38?,42+,43-,47+/m0/s1. The number of fused-ring (bicyclic) bond motifs is 2. The van der Waals surface area contributed by atoms with Gasteiger partial charge in [0.15, 0.2) is 5.60 Å². The molecule has 1 aromatic heterocycles. The van der Waals surface area contributed by atoms with Crippen LogP contribution in [-0.2, 0) is 28.2 Å². The maximum absolute atomic E-state index is 16.8. The first kappa shape index (κ1) is 42.0. The third-order valence-corrected chi connectivity index (χ3v) is 14.5. The second kappa shape index (κ2) is 17.0. The van der Waals surface area contributed by atoms with Gasteiger partial charge in [0.2, 0.25) is 8.41 Å². The summed E-state index contributed by atoms with van der Waals surface area (Å²) >= 11 is 0. The lowest BCUT2D eigenvalue weighted by Crippen LogP contribution is -2.45. The summed E-state index contributed by atoms with van der Waals surface area (Å²) in [6, 6.07) is 35.3. The minimum absolute atomic E-state index is 0.118. The van der Waals surface area contributed by atoms with Gasteiger partial charge in [0.25, 0.3) is 17.7 Å². The number of halogens is 1. The third-order valence-electron chi connectivity index (χ3n) is 12.0. The summed E-state index contributed by atoms with van der Waals surface area (Å²) in [7, 11) is -3.54. The number of aliphatic hydroxyl groups excluding tert-OH is 1. The van der Waals surface area contributed by atoms with E-state index < -0.39 is 31.6 Å². The fraction of sp³-hybridized carbons (Fsp3) is 0.255. The number of rotatable bonds is 13. The van der Waals surface area contributed by atoms with Crippen LogP contribution in [0.1, 0.15) is 62.4 Å². The van der Waals surface area contributed by atoms with Gasteiger partial charge in [-0.05, 0) is 110 Å². The lowest BCUT2D eigenvalue weighted by Gasteiger charge is -2.31. The molecule has 1 saturated heterocycles. The van der Waals surface area contributed by atoms with Crippen LogP contribution in [0.2, 0.25) is 18.6 Å². The molecule has 2 aliphatic heterocycles. The van der Waals surface area contributed by atoms with Crippen molar-refractivity contribution in [3.8, 4) is 0 Å². The molecule has 1 fully saturated rings. The Balaban J connectivity index is 1.11. The molecule has 0 radical (unpaired) electrons. The Hall–Kier alpha value is -6.68. The number of nitrogens with zero attached hydrogens (tertiary/aromatic N) is 4. The van der Waals surface area contributed by atoms with Crippen LogP contribution < -0.4 is 27.0 Å². The first-order valence-corrected chi connectivity index (χ1v) is 23.5. The summed E-state index contributed by atoms with van der Waals surface area (Å²) in [5, 5.41) is 24.9. The quantitative estimate of drug-likeness (QED) is 0.0445. The van der Waals surface area contributed by atoms with E-state index in [1.807, 2.05) is 49.4 Å². The van der Waals surface area contributed by atoms with Gasteiger partial charge >= 0.3 is 0 Å².